The highest BCUT2D eigenvalue weighted by atomic mass is 35.5. The summed E-state index contributed by atoms with van der Waals surface area (Å²) in [6.07, 6.45) is 2.62. The number of nitrogens with zero attached hydrogens (tertiary/aromatic N) is 2. The van der Waals surface area contributed by atoms with Gasteiger partial charge in [-0.25, -0.2) is 9.07 Å². The van der Waals surface area contributed by atoms with E-state index >= 15 is 4.39 Å². The minimum atomic E-state index is -0.335. The fraction of sp³-hybridized carbons (Fsp3) is 0.227. The molecule has 29 heavy (non-hydrogen) atoms. The first-order chi connectivity index (χ1) is 13.6. The zero-order valence-electron chi connectivity index (χ0n) is 16.1. The zero-order valence-corrected chi connectivity index (χ0v) is 17.7. The molecule has 4 nitrogen and oxygen atoms in total. The van der Waals surface area contributed by atoms with Crippen molar-refractivity contribution < 1.29 is 4.39 Å². The SMILES string of the molecule is Cc1cccc(C)c1-n1nc2c(c1-c1c(F)cc(Cl)c3[nH]ccc13)CNCC2.Cl. The van der Waals surface area contributed by atoms with E-state index < -0.39 is 0 Å². The summed E-state index contributed by atoms with van der Waals surface area (Å²) in [5, 5.41) is 9.50. The molecule has 7 heteroatoms. The number of H-pyrrole nitrogens is 1. The molecule has 0 bridgehead atoms. The van der Waals surface area contributed by atoms with Gasteiger partial charge in [0.15, 0.2) is 0 Å². The fourth-order valence-electron chi connectivity index (χ4n) is 4.26. The van der Waals surface area contributed by atoms with Crippen LogP contribution in [-0.2, 0) is 13.0 Å². The van der Waals surface area contributed by atoms with Crippen molar-refractivity contribution in [1.29, 1.82) is 0 Å². The van der Waals surface area contributed by atoms with E-state index in [1.807, 2.05) is 16.8 Å². The van der Waals surface area contributed by atoms with Gasteiger partial charge in [0.25, 0.3) is 0 Å². The smallest absolute Gasteiger partial charge is 0.134 e. The normalized spacial score (nSPS) is 13.4. The summed E-state index contributed by atoms with van der Waals surface area (Å²) in [4.78, 5) is 3.14. The van der Waals surface area contributed by atoms with Crippen LogP contribution in [0.5, 0.6) is 0 Å². The molecule has 1 aliphatic rings. The second-order valence-electron chi connectivity index (χ2n) is 7.33. The average molecular weight is 431 g/mol. The molecule has 0 atom stereocenters. The van der Waals surface area contributed by atoms with E-state index in [0.29, 0.717) is 17.1 Å². The van der Waals surface area contributed by atoms with Gasteiger partial charge in [-0.05, 0) is 37.1 Å². The van der Waals surface area contributed by atoms with Gasteiger partial charge in [-0.1, -0.05) is 29.8 Å². The van der Waals surface area contributed by atoms with Crippen LogP contribution in [0.15, 0.2) is 36.5 Å². The number of aryl methyl sites for hydroxylation is 2. The second-order valence-corrected chi connectivity index (χ2v) is 7.74. The van der Waals surface area contributed by atoms with Gasteiger partial charge in [-0.3, -0.25) is 0 Å². The van der Waals surface area contributed by atoms with Crippen molar-refractivity contribution in [3.8, 4) is 16.9 Å². The lowest BCUT2D eigenvalue weighted by Gasteiger charge is -2.17. The van der Waals surface area contributed by atoms with Crippen LogP contribution in [0.25, 0.3) is 27.8 Å². The van der Waals surface area contributed by atoms with Crippen molar-refractivity contribution in [2.24, 2.45) is 0 Å². The van der Waals surface area contributed by atoms with Crippen molar-refractivity contribution >= 4 is 34.9 Å². The topological polar surface area (TPSA) is 45.6 Å². The number of fused-ring (bicyclic) bond motifs is 2. The maximum atomic E-state index is 15.3. The zero-order chi connectivity index (χ0) is 19.4. The molecule has 2 aromatic heterocycles. The van der Waals surface area contributed by atoms with Crippen LogP contribution in [0.1, 0.15) is 22.4 Å². The first kappa shape index (κ1) is 20.0. The summed E-state index contributed by atoms with van der Waals surface area (Å²) >= 11 is 6.28. The Morgan fingerprint density at radius 3 is 2.69 bits per heavy atom. The second kappa shape index (κ2) is 7.48. The van der Waals surface area contributed by atoms with Crippen LogP contribution in [0.4, 0.5) is 4.39 Å². The molecule has 0 amide bonds. The Morgan fingerprint density at radius 1 is 1.17 bits per heavy atom. The van der Waals surface area contributed by atoms with Crippen molar-refractivity contribution in [3.05, 3.63) is 69.8 Å². The van der Waals surface area contributed by atoms with Crippen LogP contribution >= 0.6 is 24.0 Å². The molecule has 4 aromatic rings. The molecule has 0 fully saturated rings. The molecular formula is C22H21Cl2FN4. The summed E-state index contributed by atoms with van der Waals surface area (Å²) in [6.45, 7) is 5.67. The molecule has 3 heterocycles. The van der Waals surface area contributed by atoms with Crippen LogP contribution < -0.4 is 5.32 Å². The molecule has 2 N–H and O–H groups in total. The number of benzene rings is 2. The summed E-state index contributed by atoms with van der Waals surface area (Å²) in [7, 11) is 0. The van der Waals surface area contributed by atoms with Crippen molar-refractivity contribution in [3.63, 3.8) is 0 Å². The highest BCUT2D eigenvalue weighted by Crippen LogP contribution is 2.40. The van der Waals surface area contributed by atoms with E-state index in [4.69, 9.17) is 16.7 Å². The maximum absolute atomic E-state index is 15.3. The summed E-state index contributed by atoms with van der Waals surface area (Å²) < 4.78 is 17.3. The van der Waals surface area contributed by atoms with Gasteiger partial charge in [0.1, 0.15) is 5.82 Å². The molecule has 0 saturated carbocycles. The van der Waals surface area contributed by atoms with Gasteiger partial charge in [-0.2, -0.15) is 5.10 Å². The summed E-state index contributed by atoms with van der Waals surface area (Å²) in [5.74, 6) is -0.335. The Morgan fingerprint density at radius 2 is 1.93 bits per heavy atom. The van der Waals surface area contributed by atoms with Gasteiger partial charge in [0.05, 0.1) is 27.6 Å². The molecule has 0 aliphatic carbocycles. The van der Waals surface area contributed by atoms with Crippen molar-refractivity contribution in [1.82, 2.24) is 20.1 Å². The van der Waals surface area contributed by atoms with E-state index in [0.717, 1.165) is 57.6 Å². The highest BCUT2D eigenvalue weighted by Gasteiger charge is 2.27. The minimum Gasteiger partial charge on any atom is -0.360 e. The Bertz CT molecular complexity index is 1210. The van der Waals surface area contributed by atoms with Crippen molar-refractivity contribution in [2.75, 3.05) is 6.54 Å². The summed E-state index contributed by atoms with van der Waals surface area (Å²) in [6, 6.07) is 9.43. The Kier molecular flexibility index (Phi) is 5.15. The first-order valence-corrected chi connectivity index (χ1v) is 9.77. The van der Waals surface area contributed by atoms with Gasteiger partial charge in [0.2, 0.25) is 0 Å². The van der Waals surface area contributed by atoms with E-state index in [1.165, 1.54) is 6.07 Å². The third-order valence-electron chi connectivity index (χ3n) is 5.54. The third-order valence-corrected chi connectivity index (χ3v) is 5.84. The Hall–Kier alpha value is -2.34. The maximum Gasteiger partial charge on any atom is 0.134 e. The Labute approximate surface area is 179 Å². The molecule has 0 unspecified atom stereocenters. The standard InChI is InChI=1S/C22H20ClFN4.ClH/c1-12-4-3-5-13(2)21(12)28-22(15-11-25-8-7-18(15)27-28)19-14-6-9-26-20(14)16(23)10-17(19)24;/h3-6,9-10,25-26H,7-8,11H2,1-2H3;1H. The number of hydrogen-bond acceptors (Lipinski definition) is 2. The molecule has 0 radical (unpaired) electrons. The van der Waals surface area contributed by atoms with E-state index in [9.17, 15) is 0 Å². The van der Waals surface area contributed by atoms with E-state index in [1.54, 1.807) is 6.20 Å². The molecule has 1 aliphatic heterocycles. The molecular weight excluding hydrogens is 410 g/mol. The molecule has 0 saturated heterocycles. The predicted octanol–water partition coefficient (Wildman–Crippen LogP) is 5.50. The van der Waals surface area contributed by atoms with Crippen molar-refractivity contribution in [2.45, 2.75) is 26.8 Å². The van der Waals surface area contributed by atoms with Crippen LogP contribution in [0.3, 0.4) is 0 Å². The highest BCUT2D eigenvalue weighted by molar-refractivity contribution is 6.35. The molecule has 0 spiro atoms. The monoisotopic (exact) mass is 430 g/mol. The van der Waals surface area contributed by atoms with Crippen LogP contribution in [0, 0.1) is 19.7 Å². The number of halogens is 3. The molecule has 5 rings (SSSR count). The summed E-state index contributed by atoms with van der Waals surface area (Å²) in [5.41, 5.74) is 7.38. The lowest BCUT2D eigenvalue weighted by atomic mass is 9.98. The molecule has 2 aromatic carbocycles. The minimum absolute atomic E-state index is 0. The number of aromatic amines is 1. The average Bonchev–Trinajstić information content (AvgIpc) is 3.28. The third kappa shape index (κ3) is 3.05. The lowest BCUT2D eigenvalue weighted by molar-refractivity contribution is 0.628. The Balaban J connectivity index is 0.00000205. The number of para-hydroxylation sites is 1. The number of rotatable bonds is 2. The molecule has 150 valence electrons. The van der Waals surface area contributed by atoms with E-state index in [2.05, 4.69) is 36.3 Å². The lowest BCUT2D eigenvalue weighted by Crippen LogP contribution is -2.23. The first-order valence-electron chi connectivity index (χ1n) is 9.40. The number of aromatic nitrogens is 3. The van der Waals surface area contributed by atoms with Gasteiger partial charge in [0, 0.05) is 42.2 Å². The predicted molar refractivity (Wildman–Crippen MR) is 118 cm³/mol. The van der Waals surface area contributed by atoms with Crippen LogP contribution in [0.2, 0.25) is 5.02 Å². The van der Waals surface area contributed by atoms with Gasteiger partial charge >= 0.3 is 0 Å². The quantitative estimate of drug-likeness (QED) is 0.441. The van der Waals surface area contributed by atoms with Gasteiger partial charge in [-0.15, -0.1) is 12.4 Å². The fourth-order valence-corrected chi connectivity index (χ4v) is 4.51. The van der Waals surface area contributed by atoms with Crippen LogP contribution in [-0.4, -0.2) is 21.3 Å². The number of nitrogens with one attached hydrogen (secondary N) is 2. The largest absolute Gasteiger partial charge is 0.360 e. The van der Waals surface area contributed by atoms with E-state index in [-0.39, 0.29) is 18.2 Å². The number of hydrogen-bond donors (Lipinski definition) is 2. The van der Waals surface area contributed by atoms with Gasteiger partial charge < -0.3 is 10.3 Å².